The van der Waals surface area contributed by atoms with E-state index < -0.39 is 0 Å². The molecule has 0 bridgehead atoms. The average molecular weight is 490 g/mol. The molecule has 0 atom stereocenters. The molecule has 1 aromatic rings. The zero-order chi connectivity index (χ0) is 19.0. The van der Waals surface area contributed by atoms with Crippen molar-refractivity contribution in [1.82, 2.24) is 16.0 Å². The lowest BCUT2D eigenvalue weighted by atomic mass is 10.1. The molecule has 0 saturated carbocycles. The van der Waals surface area contributed by atoms with Gasteiger partial charge in [-0.25, -0.2) is 0 Å². The first-order valence-electron chi connectivity index (χ1n) is 9.60. The van der Waals surface area contributed by atoms with Gasteiger partial charge in [0.05, 0.1) is 0 Å². The second-order valence-electron chi connectivity index (χ2n) is 6.06. The summed E-state index contributed by atoms with van der Waals surface area (Å²) < 4.78 is 5.32. The Hall–Kier alpha value is -1.35. The van der Waals surface area contributed by atoms with Crippen molar-refractivity contribution in [3.63, 3.8) is 0 Å². The average Bonchev–Trinajstić information content (AvgIpc) is 2.67. The predicted octanol–water partition coefficient (Wildman–Crippen LogP) is 3.32. The molecule has 0 radical (unpaired) electrons. The predicted molar refractivity (Wildman–Crippen MR) is 123 cm³/mol. The van der Waals surface area contributed by atoms with Gasteiger partial charge in [-0.1, -0.05) is 25.5 Å². The van der Waals surface area contributed by atoms with E-state index in [-0.39, 0.29) is 29.9 Å². The third kappa shape index (κ3) is 11.9. The SMILES string of the molecule is CCCCNC(=O)c1ccc(CNC(=NC)NCCCCOCC)cc1.I. The van der Waals surface area contributed by atoms with Crippen molar-refractivity contribution < 1.29 is 9.53 Å². The number of benzene rings is 1. The summed E-state index contributed by atoms with van der Waals surface area (Å²) in [5.41, 5.74) is 1.80. The number of hydrogen-bond acceptors (Lipinski definition) is 3. The highest BCUT2D eigenvalue weighted by Gasteiger charge is 2.04. The van der Waals surface area contributed by atoms with Gasteiger partial charge >= 0.3 is 0 Å². The second-order valence-corrected chi connectivity index (χ2v) is 6.06. The lowest BCUT2D eigenvalue weighted by Crippen LogP contribution is -2.37. The molecule has 0 fully saturated rings. The van der Waals surface area contributed by atoms with Gasteiger partial charge in [0.15, 0.2) is 5.96 Å². The van der Waals surface area contributed by atoms with Crippen molar-refractivity contribution in [1.29, 1.82) is 0 Å². The fourth-order valence-electron chi connectivity index (χ4n) is 2.34. The zero-order valence-corrected chi connectivity index (χ0v) is 19.2. The van der Waals surface area contributed by atoms with Crippen LogP contribution in [-0.4, -0.2) is 45.2 Å². The van der Waals surface area contributed by atoms with Crippen LogP contribution >= 0.6 is 24.0 Å². The molecule has 0 aromatic heterocycles. The minimum Gasteiger partial charge on any atom is -0.382 e. The molecule has 1 rings (SSSR count). The molecule has 0 spiro atoms. The summed E-state index contributed by atoms with van der Waals surface area (Å²) in [7, 11) is 1.76. The summed E-state index contributed by atoms with van der Waals surface area (Å²) >= 11 is 0. The smallest absolute Gasteiger partial charge is 0.251 e. The number of carbonyl (C=O) groups excluding carboxylic acids is 1. The van der Waals surface area contributed by atoms with Crippen molar-refractivity contribution in [3.8, 4) is 0 Å². The van der Waals surface area contributed by atoms with Crippen LogP contribution in [-0.2, 0) is 11.3 Å². The number of ether oxygens (including phenoxy) is 1. The lowest BCUT2D eigenvalue weighted by molar-refractivity contribution is 0.0953. The van der Waals surface area contributed by atoms with Crippen LogP contribution in [0, 0.1) is 0 Å². The Morgan fingerprint density at radius 1 is 1.00 bits per heavy atom. The van der Waals surface area contributed by atoms with Crippen LogP contribution in [0.15, 0.2) is 29.3 Å². The molecular weight excluding hydrogens is 455 g/mol. The Labute approximate surface area is 181 Å². The summed E-state index contributed by atoms with van der Waals surface area (Å²) in [5.74, 6) is 0.769. The summed E-state index contributed by atoms with van der Waals surface area (Å²) in [4.78, 5) is 16.2. The van der Waals surface area contributed by atoms with Crippen LogP contribution < -0.4 is 16.0 Å². The van der Waals surface area contributed by atoms with Crippen molar-refractivity contribution >= 4 is 35.8 Å². The van der Waals surface area contributed by atoms with E-state index in [2.05, 4.69) is 27.9 Å². The zero-order valence-electron chi connectivity index (χ0n) is 16.8. The van der Waals surface area contributed by atoms with Gasteiger partial charge in [0.2, 0.25) is 0 Å². The molecule has 0 aliphatic rings. The normalized spacial score (nSPS) is 10.9. The number of halogens is 1. The first kappa shape index (κ1) is 25.6. The van der Waals surface area contributed by atoms with Gasteiger partial charge in [-0.2, -0.15) is 0 Å². The first-order valence-corrected chi connectivity index (χ1v) is 9.60. The molecule has 154 valence electrons. The number of nitrogens with one attached hydrogen (secondary N) is 3. The molecule has 0 aliphatic carbocycles. The fourth-order valence-corrected chi connectivity index (χ4v) is 2.34. The Morgan fingerprint density at radius 3 is 2.33 bits per heavy atom. The molecule has 27 heavy (non-hydrogen) atoms. The fraction of sp³-hybridized carbons (Fsp3) is 0.600. The topological polar surface area (TPSA) is 74.8 Å². The minimum atomic E-state index is -0.0116. The standard InChI is InChI=1S/C20H34N4O2.HI/c1-4-6-13-22-19(25)18-11-9-17(10-12-18)16-24-20(21-3)23-14-7-8-15-26-5-2;/h9-12H,4-8,13-16H2,1-3H3,(H,22,25)(H2,21,23,24);1H. The van der Waals surface area contributed by atoms with Crippen molar-refractivity contribution in [2.45, 2.75) is 46.1 Å². The maximum atomic E-state index is 12.0. The summed E-state index contributed by atoms with van der Waals surface area (Å²) in [6, 6.07) is 7.67. The summed E-state index contributed by atoms with van der Waals surface area (Å²) in [6.07, 6.45) is 4.17. The van der Waals surface area contributed by atoms with E-state index in [0.717, 1.165) is 63.5 Å². The monoisotopic (exact) mass is 490 g/mol. The van der Waals surface area contributed by atoms with E-state index >= 15 is 0 Å². The maximum absolute atomic E-state index is 12.0. The van der Waals surface area contributed by atoms with E-state index in [0.29, 0.717) is 12.1 Å². The highest BCUT2D eigenvalue weighted by Crippen LogP contribution is 2.04. The maximum Gasteiger partial charge on any atom is 0.251 e. The Kier molecular flexibility index (Phi) is 16.0. The van der Waals surface area contributed by atoms with E-state index in [1.165, 1.54) is 0 Å². The van der Waals surface area contributed by atoms with Gasteiger partial charge in [-0.15, -0.1) is 24.0 Å². The molecule has 0 unspecified atom stereocenters. The van der Waals surface area contributed by atoms with Crippen LogP contribution in [0.1, 0.15) is 55.5 Å². The Morgan fingerprint density at radius 2 is 1.70 bits per heavy atom. The van der Waals surface area contributed by atoms with Crippen LogP contribution in [0.3, 0.4) is 0 Å². The van der Waals surface area contributed by atoms with Crippen LogP contribution in [0.25, 0.3) is 0 Å². The molecule has 7 heteroatoms. The van der Waals surface area contributed by atoms with Gasteiger partial charge in [0, 0.05) is 45.5 Å². The molecule has 0 aliphatic heterocycles. The van der Waals surface area contributed by atoms with Crippen molar-refractivity contribution in [3.05, 3.63) is 35.4 Å². The molecule has 0 saturated heterocycles. The molecule has 6 nitrogen and oxygen atoms in total. The number of aliphatic imine (C=N–C) groups is 1. The number of hydrogen-bond donors (Lipinski definition) is 3. The number of guanidine groups is 1. The van der Waals surface area contributed by atoms with Gasteiger partial charge in [0.1, 0.15) is 0 Å². The highest BCUT2D eigenvalue weighted by atomic mass is 127. The first-order chi connectivity index (χ1) is 12.7. The quantitative estimate of drug-likeness (QED) is 0.182. The number of nitrogens with zero attached hydrogens (tertiary/aromatic N) is 1. The van der Waals surface area contributed by atoms with Gasteiger partial charge in [0.25, 0.3) is 5.91 Å². The van der Waals surface area contributed by atoms with E-state index in [4.69, 9.17) is 4.74 Å². The lowest BCUT2D eigenvalue weighted by Gasteiger charge is -2.12. The van der Waals surface area contributed by atoms with Gasteiger partial charge in [-0.05, 0) is 43.9 Å². The van der Waals surface area contributed by atoms with Crippen molar-refractivity contribution in [2.75, 3.05) is 33.4 Å². The van der Waals surface area contributed by atoms with Crippen LogP contribution in [0.5, 0.6) is 0 Å². The third-order valence-corrected chi connectivity index (χ3v) is 3.93. The third-order valence-electron chi connectivity index (χ3n) is 3.93. The van der Waals surface area contributed by atoms with Gasteiger partial charge in [-0.3, -0.25) is 9.79 Å². The molecule has 1 aromatic carbocycles. The van der Waals surface area contributed by atoms with E-state index in [9.17, 15) is 4.79 Å². The molecule has 1 amide bonds. The number of rotatable bonds is 12. The number of amides is 1. The largest absolute Gasteiger partial charge is 0.382 e. The Balaban J connectivity index is 0.00000676. The molecular formula is C20H35IN4O2. The highest BCUT2D eigenvalue weighted by molar-refractivity contribution is 14.0. The van der Waals surface area contributed by atoms with Crippen LogP contribution in [0.2, 0.25) is 0 Å². The van der Waals surface area contributed by atoms with E-state index in [1.54, 1.807) is 7.05 Å². The minimum absolute atomic E-state index is 0. The Bertz CT molecular complexity index is 535. The molecule has 3 N–H and O–H groups in total. The number of carbonyl (C=O) groups is 1. The van der Waals surface area contributed by atoms with E-state index in [1.807, 2.05) is 31.2 Å². The number of unbranched alkanes of at least 4 members (excludes halogenated alkanes) is 2. The van der Waals surface area contributed by atoms with Crippen molar-refractivity contribution in [2.24, 2.45) is 4.99 Å². The van der Waals surface area contributed by atoms with Crippen LogP contribution in [0.4, 0.5) is 0 Å². The van der Waals surface area contributed by atoms with Gasteiger partial charge < -0.3 is 20.7 Å². The summed E-state index contributed by atoms with van der Waals surface area (Å²) in [6.45, 7) is 7.95. The molecule has 0 heterocycles. The second kappa shape index (κ2) is 16.8. The summed E-state index contributed by atoms with van der Waals surface area (Å²) in [5, 5.41) is 9.51.